The first kappa shape index (κ1) is 15.5. The molecule has 3 aliphatic carbocycles. The Morgan fingerprint density at radius 3 is 1.90 bits per heavy atom. The average Bonchev–Trinajstić information content (AvgIpc) is 3.37. The third kappa shape index (κ3) is 1.64. The van der Waals surface area contributed by atoms with Gasteiger partial charge in [0.25, 0.3) is 0 Å². The number of aryl methyl sites for hydroxylation is 1. The molecule has 0 aliphatic heterocycles. The third-order valence-electron chi connectivity index (χ3n) is 7.26. The van der Waals surface area contributed by atoms with Gasteiger partial charge in [-0.2, -0.15) is 0 Å². The monoisotopic (exact) mass is 368 g/mol. The van der Waals surface area contributed by atoms with Gasteiger partial charge in [0.05, 0.1) is 5.41 Å². The summed E-state index contributed by atoms with van der Waals surface area (Å²) in [4.78, 5) is 0. The molecular formula is C29H20. The van der Waals surface area contributed by atoms with E-state index in [2.05, 4.69) is 97.9 Å². The Bertz CT molecular complexity index is 1340. The SMILES string of the molecule is Cc1cccc2c1C1=C(c3ccccc3C1)C21c2ccccc2-c2ccccc21. The first-order valence-electron chi connectivity index (χ1n) is 10.4. The summed E-state index contributed by atoms with van der Waals surface area (Å²) in [6.07, 6.45) is 1.04. The smallest absolute Gasteiger partial charge is 0.0619 e. The molecule has 0 saturated carbocycles. The maximum Gasteiger partial charge on any atom is 0.0728 e. The number of fused-ring (bicyclic) bond motifs is 11. The number of hydrogen-bond acceptors (Lipinski definition) is 0. The second-order valence-corrected chi connectivity index (χ2v) is 8.53. The minimum Gasteiger partial charge on any atom is -0.0619 e. The van der Waals surface area contributed by atoms with Gasteiger partial charge in [-0.25, -0.2) is 0 Å². The van der Waals surface area contributed by atoms with Crippen LogP contribution in [0.5, 0.6) is 0 Å². The van der Waals surface area contributed by atoms with Crippen LogP contribution < -0.4 is 0 Å². The lowest BCUT2D eigenvalue weighted by atomic mass is 9.68. The molecule has 0 heterocycles. The molecule has 0 unspecified atom stereocenters. The van der Waals surface area contributed by atoms with Crippen molar-refractivity contribution in [3.05, 3.63) is 130 Å². The molecule has 136 valence electrons. The largest absolute Gasteiger partial charge is 0.0728 e. The third-order valence-corrected chi connectivity index (χ3v) is 7.26. The van der Waals surface area contributed by atoms with Gasteiger partial charge >= 0.3 is 0 Å². The Morgan fingerprint density at radius 2 is 1.17 bits per heavy atom. The Hall–Kier alpha value is -3.38. The summed E-state index contributed by atoms with van der Waals surface area (Å²) in [5, 5.41) is 0. The lowest BCUT2D eigenvalue weighted by Crippen LogP contribution is -2.26. The van der Waals surface area contributed by atoms with Crippen molar-refractivity contribution in [3.63, 3.8) is 0 Å². The van der Waals surface area contributed by atoms with Gasteiger partial charge in [0.2, 0.25) is 0 Å². The van der Waals surface area contributed by atoms with Gasteiger partial charge in [0.1, 0.15) is 0 Å². The van der Waals surface area contributed by atoms with Crippen molar-refractivity contribution in [2.75, 3.05) is 0 Å². The summed E-state index contributed by atoms with van der Waals surface area (Å²) in [5.41, 5.74) is 15.7. The van der Waals surface area contributed by atoms with Gasteiger partial charge in [-0.15, -0.1) is 0 Å². The topological polar surface area (TPSA) is 0 Å². The molecule has 4 aromatic carbocycles. The van der Waals surface area contributed by atoms with E-state index in [1.165, 1.54) is 61.2 Å². The highest BCUT2D eigenvalue weighted by atomic mass is 14.6. The molecule has 0 radical (unpaired) electrons. The molecule has 0 saturated heterocycles. The maximum atomic E-state index is 2.38. The van der Waals surface area contributed by atoms with Crippen LogP contribution in [0.2, 0.25) is 0 Å². The number of hydrogen-bond donors (Lipinski definition) is 0. The summed E-state index contributed by atoms with van der Waals surface area (Å²) in [6.45, 7) is 2.28. The second-order valence-electron chi connectivity index (χ2n) is 8.53. The summed E-state index contributed by atoms with van der Waals surface area (Å²) in [5.74, 6) is 0. The fourth-order valence-electron chi connectivity index (χ4n) is 6.31. The van der Waals surface area contributed by atoms with Crippen LogP contribution in [0.15, 0.2) is 91.0 Å². The van der Waals surface area contributed by atoms with Gasteiger partial charge in [0.15, 0.2) is 0 Å². The predicted molar refractivity (Wildman–Crippen MR) is 120 cm³/mol. The van der Waals surface area contributed by atoms with Crippen LogP contribution in [0.25, 0.3) is 22.3 Å². The van der Waals surface area contributed by atoms with Crippen LogP contribution >= 0.6 is 0 Å². The Morgan fingerprint density at radius 1 is 0.586 bits per heavy atom. The minimum atomic E-state index is -0.198. The van der Waals surface area contributed by atoms with E-state index in [9.17, 15) is 0 Å². The molecular weight excluding hydrogens is 348 g/mol. The Kier molecular flexibility index (Phi) is 2.76. The minimum absolute atomic E-state index is 0.198. The van der Waals surface area contributed by atoms with Gasteiger partial charge in [-0.1, -0.05) is 91.0 Å². The van der Waals surface area contributed by atoms with Crippen molar-refractivity contribution >= 4 is 11.1 Å². The maximum absolute atomic E-state index is 2.38. The van der Waals surface area contributed by atoms with Gasteiger partial charge in [0, 0.05) is 0 Å². The van der Waals surface area contributed by atoms with E-state index in [-0.39, 0.29) is 5.41 Å². The predicted octanol–water partition coefficient (Wildman–Crippen LogP) is 6.79. The highest BCUT2D eigenvalue weighted by Gasteiger charge is 2.55. The number of allylic oxidation sites excluding steroid dienone is 2. The van der Waals surface area contributed by atoms with Crippen molar-refractivity contribution in [3.8, 4) is 11.1 Å². The van der Waals surface area contributed by atoms with E-state index in [1.54, 1.807) is 0 Å². The summed E-state index contributed by atoms with van der Waals surface area (Å²) >= 11 is 0. The molecule has 0 aromatic heterocycles. The molecule has 0 heteroatoms. The molecule has 7 rings (SSSR count). The zero-order valence-electron chi connectivity index (χ0n) is 16.4. The van der Waals surface area contributed by atoms with Crippen LogP contribution in [0, 0.1) is 6.92 Å². The lowest BCUT2D eigenvalue weighted by molar-refractivity contribution is 0.840. The molecule has 0 nitrogen and oxygen atoms in total. The van der Waals surface area contributed by atoms with Crippen LogP contribution in [-0.4, -0.2) is 0 Å². The second kappa shape index (κ2) is 5.15. The van der Waals surface area contributed by atoms with Gasteiger partial charge in [-0.3, -0.25) is 0 Å². The van der Waals surface area contributed by atoms with Crippen LogP contribution in [0.1, 0.15) is 38.9 Å². The highest BCUT2D eigenvalue weighted by molar-refractivity contribution is 6.13. The number of benzene rings is 4. The molecule has 0 fully saturated rings. The lowest BCUT2D eigenvalue weighted by Gasteiger charge is -2.33. The van der Waals surface area contributed by atoms with Crippen molar-refractivity contribution in [1.29, 1.82) is 0 Å². The summed E-state index contributed by atoms with van der Waals surface area (Å²) in [6, 6.07) is 34.0. The number of rotatable bonds is 0. The van der Waals surface area contributed by atoms with Gasteiger partial charge in [-0.05, 0) is 74.6 Å². The molecule has 0 amide bonds. The fourth-order valence-corrected chi connectivity index (χ4v) is 6.31. The molecule has 3 aliphatic rings. The molecule has 4 aromatic rings. The molecule has 1 spiro atoms. The molecule has 0 bridgehead atoms. The van der Waals surface area contributed by atoms with Crippen LogP contribution in [-0.2, 0) is 11.8 Å². The van der Waals surface area contributed by atoms with E-state index in [1.807, 2.05) is 0 Å². The molecule has 0 atom stereocenters. The van der Waals surface area contributed by atoms with E-state index >= 15 is 0 Å². The van der Waals surface area contributed by atoms with Crippen molar-refractivity contribution < 1.29 is 0 Å². The average molecular weight is 368 g/mol. The summed E-state index contributed by atoms with van der Waals surface area (Å²) in [7, 11) is 0. The zero-order chi connectivity index (χ0) is 19.2. The Balaban J connectivity index is 1.72. The van der Waals surface area contributed by atoms with Gasteiger partial charge < -0.3 is 0 Å². The fraction of sp³-hybridized carbons (Fsp3) is 0.103. The first-order valence-corrected chi connectivity index (χ1v) is 10.4. The van der Waals surface area contributed by atoms with E-state index in [0.717, 1.165) is 6.42 Å². The Labute approximate surface area is 171 Å². The van der Waals surface area contributed by atoms with Crippen molar-refractivity contribution in [2.24, 2.45) is 0 Å². The van der Waals surface area contributed by atoms with E-state index in [0.29, 0.717) is 0 Å². The van der Waals surface area contributed by atoms with Crippen molar-refractivity contribution in [1.82, 2.24) is 0 Å². The van der Waals surface area contributed by atoms with Crippen LogP contribution in [0.4, 0.5) is 0 Å². The van der Waals surface area contributed by atoms with E-state index < -0.39 is 0 Å². The standard InChI is InChI=1S/C29H20/c1-18-9-8-16-26-27(18)23-17-19-10-2-3-11-20(19)28(23)29(26)24-14-6-4-12-21(24)22-13-5-7-15-25(22)29/h2-16H,17H2,1H3. The van der Waals surface area contributed by atoms with Crippen LogP contribution in [0.3, 0.4) is 0 Å². The molecule has 0 N–H and O–H groups in total. The first-order chi connectivity index (χ1) is 14.3. The summed E-state index contributed by atoms with van der Waals surface area (Å²) < 4.78 is 0. The zero-order valence-corrected chi connectivity index (χ0v) is 16.4. The highest BCUT2D eigenvalue weighted by Crippen LogP contribution is 2.66. The normalized spacial score (nSPS) is 16.4. The quantitative estimate of drug-likeness (QED) is 0.320. The van der Waals surface area contributed by atoms with E-state index in [4.69, 9.17) is 0 Å². The molecule has 29 heavy (non-hydrogen) atoms. The van der Waals surface area contributed by atoms with Crippen molar-refractivity contribution in [2.45, 2.75) is 18.8 Å².